The van der Waals surface area contributed by atoms with Crippen molar-refractivity contribution in [2.24, 2.45) is 0 Å². The Morgan fingerprint density at radius 3 is 2.70 bits per heavy atom. The molecule has 0 saturated heterocycles. The third-order valence-electron chi connectivity index (χ3n) is 5.62. The molecule has 2 heterocycles. The maximum absolute atomic E-state index is 12.9. The zero-order chi connectivity index (χ0) is 20.7. The highest BCUT2D eigenvalue weighted by molar-refractivity contribution is 6.30. The van der Waals surface area contributed by atoms with E-state index in [-0.39, 0.29) is 11.8 Å². The molecule has 30 heavy (non-hydrogen) atoms. The highest BCUT2D eigenvalue weighted by Crippen LogP contribution is 2.43. The lowest BCUT2D eigenvalue weighted by atomic mass is 10.0. The van der Waals surface area contributed by atoms with Crippen molar-refractivity contribution in [2.45, 2.75) is 19.5 Å². The maximum Gasteiger partial charge on any atom is 0.231 e. The summed E-state index contributed by atoms with van der Waals surface area (Å²) in [6.45, 7) is 3.29. The van der Waals surface area contributed by atoms with Gasteiger partial charge in [-0.25, -0.2) is 0 Å². The average molecular weight is 418 g/mol. The van der Waals surface area contributed by atoms with Gasteiger partial charge in [0.25, 0.3) is 0 Å². The number of fused-ring (bicyclic) bond motifs is 3. The van der Waals surface area contributed by atoms with Gasteiger partial charge in [0.2, 0.25) is 5.78 Å². The molecule has 2 aliphatic heterocycles. The fourth-order valence-electron chi connectivity index (χ4n) is 3.91. The van der Waals surface area contributed by atoms with E-state index in [9.17, 15) is 4.79 Å². The summed E-state index contributed by atoms with van der Waals surface area (Å²) >= 11 is 6.07. The summed E-state index contributed by atoms with van der Waals surface area (Å²) in [5.74, 6) is 1.53. The first-order chi connectivity index (χ1) is 14.6. The van der Waals surface area contributed by atoms with Gasteiger partial charge < -0.3 is 9.47 Å². The summed E-state index contributed by atoms with van der Waals surface area (Å²) in [5.41, 5.74) is 3.52. The Kier molecular flexibility index (Phi) is 4.81. The Hall–Kier alpha value is -3.08. The van der Waals surface area contributed by atoms with E-state index in [1.54, 1.807) is 24.3 Å². The lowest BCUT2D eigenvalue weighted by Crippen LogP contribution is -2.34. The van der Waals surface area contributed by atoms with E-state index in [0.29, 0.717) is 35.4 Å². The first-order valence-corrected chi connectivity index (χ1v) is 10.3. The lowest BCUT2D eigenvalue weighted by molar-refractivity contribution is 0.0606. The van der Waals surface area contributed by atoms with Crippen LogP contribution in [0.1, 0.15) is 40.0 Å². The zero-order valence-corrected chi connectivity index (χ0v) is 17.2. The van der Waals surface area contributed by atoms with Gasteiger partial charge in [-0.1, -0.05) is 54.1 Å². The lowest BCUT2D eigenvalue weighted by Gasteiger charge is -2.34. The SMILES string of the molecule is CC(c1ccccc1)N1COc2ccc3c(c2C1)O/C(=C\c1cccc(Cl)c1)C3=O. The van der Waals surface area contributed by atoms with Crippen LogP contribution in [0.5, 0.6) is 11.5 Å². The van der Waals surface area contributed by atoms with Crippen LogP contribution in [0.2, 0.25) is 5.02 Å². The van der Waals surface area contributed by atoms with Gasteiger partial charge in [-0.05, 0) is 48.4 Å². The Labute approximate surface area is 180 Å². The van der Waals surface area contributed by atoms with Gasteiger partial charge in [0.1, 0.15) is 18.2 Å². The third kappa shape index (κ3) is 3.38. The number of halogens is 1. The molecule has 1 atom stereocenters. The highest BCUT2D eigenvalue weighted by Gasteiger charge is 2.34. The van der Waals surface area contributed by atoms with E-state index in [1.165, 1.54) is 5.56 Å². The summed E-state index contributed by atoms with van der Waals surface area (Å²) < 4.78 is 12.1. The number of allylic oxidation sites excluding steroid dienone is 1. The molecule has 0 aromatic heterocycles. The first-order valence-electron chi connectivity index (χ1n) is 9.87. The Bertz CT molecular complexity index is 1160. The maximum atomic E-state index is 12.9. The van der Waals surface area contributed by atoms with Crippen LogP contribution >= 0.6 is 11.6 Å². The van der Waals surface area contributed by atoms with Gasteiger partial charge in [0, 0.05) is 17.6 Å². The van der Waals surface area contributed by atoms with E-state index in [2.05, 4.69) is 24.0 Å². The van der Waals surface area contributed by atoms with E-state index in [1.807, 2.05) is 36.4 Å². The van der Waals surface area contributed by atoms with Gasteiger partial charge in [-0.2, -0.15) is 0 Å². The van der Waals surface area contributed by atoms with Gasteiger partial charge in [-0.15, -0.1) is 0 Å². The minimum atomic E-state index is -0.124. The predicted octanol–water partition coefficient (Wildman–Crippen LogP) is 5.87. The molecule has 0 N–H and O–H groups in total. The van der Waals surface area contributed by atoms with Crippen molar-refractivity contribution >= 4 is 23.5 Å². The molecule has 5 rings (SSSR count). The van der Waals surface area contributed by atoms with Crippen LogP contribution in [0, 0.1) is 0 Å². The number of ether oxygens (including phenoxy) is 2. The summed E-state index contributed by atoms with van der Waals surface area (Å²) in [7, 11) is 0. The molecule has 3 aromatic rings. The molecule has 0 bridgehead atoms. The molecule has 4 nitrogen and oxygen atoms in total. The second kappa shape index (κ2) is 7.63. The molecule has 0 radical (unpaired) electrons. The Morgan fingerprint density at radius 1 is 1.07 bits per heavy atom. The molecular weight excluding hydrogens is 398 g/mol. The standard InChI is InChI=1S/C25H20ClNO3/c1-16(18-7-3-2-4-8-18)27-14-21-22(29-15-27)11-10-20-24(28)23(30-25(20)21)13-17-6-5-9-19(26)12-17/h2-13,16H,14-15H2,1H3/b23-13-. The normalized spacial score (nSPS) is 17.8. The minimum absolute atomic E-state index is 0.124. The van der Waals surface area contributed by atoms with Crippen LogP contribution in [0.3, 0.4) is 0 Å². The largest absolute Gasteiger partial charge is 0.478 e. The van der Waals surface area contributed by atoms with Gasteiger partial charge in [0.05, 0.1) is 11.1 Å². The van der Waals surface area contributed by atoms with Crippen molar-refractivity contribution in [2.75, 3.05) is 6.73 Å². The summed E-state index contributed by atoms with van der Waals surface area (Å²) in [4.78, 5) is 15.2. The molecule has 3 aromatic carbocycles. The van der Waals surface area contributed by atoms with Crippen LogP contribution in [-0.4, -0.2) is 17.4 Å². The summed E-state index contributed by atoms with van der Waals surface area (Å²) in [6, 6.07) is 21.5. The quantitative estimate of drug-likeness (QED) is 0.499. The topological polar surface area (TPSA) is 38.8 Å². The summed E-state index contributed by atoms with van der Waals surface area (Å²) in [6.07, 6.45) is 1.73. The summed E-state index contributed by atoms with van der Waals surface area (Å²) in [5, 5.41) is 0.614. The number of carbonyl (C=O) groups excluding carboxylic acids is 1. The number of Topliss-reactive ketones (excluding diaryl/α,β-unsaturated/α-hetero) is 1. The van der Waals surface area contributed by atoms with Crippen molar-refractivity contribution in [3.63, 3.8) is 0 Å². The number of hydrogen-bond donors (Lipinski definition) is 0. The second-order valence-electron chi connectivity index (χ2n) is 7.52. The molecule has 150 valence electrons. The van der Waals surface area contributed by atoms with Crippen LogP contribution in [0.4, 0.5) is 0 Å². The molecule has 1 unspecified atom stereocenters. The number of rotatable bonds is 3. The average Bonchev–Trinajstić information content (AvgIpc) is 3.09. The van der Waals surface area contributed by atoms with Crippen LogP contribution < -0.4 is 9.47 Å². The van der Waals surface area contributed by atoms with Crippen LogP contribution in [0.25, 0.3) is 6.08 Å². The molecule has 5 heteroatoms. The minimum Gasteiger partial charge on any atom is -0.478 e. The molecule has 2 aliphatic rings. The second-order valence-corrected chi connectivity index (χ2v) is 7.96. The van der Waals surface area contributed by atoms with Gasteiger partial charge in [0.15, 0.2) is 5.76 Å². The molecular formula is C25H20ClNO3. The van der Waals surface area contributed by atoms with E-state index >= 15 is 0 Å². The van der Waals surface area contributed by atoms with Crippen LogP contribution in [0.15, 0.2) is 72.5 Å². The van der Waals surface area contributed by atoms with Crippen molar-refractivity contribution in [3.05, 3.63) is 99.8 Å². The van der Waals surface area contributed by atoms with E-state index in [4.69, 9.17) is 21.1 Å². The number of ketones is 1. The fourth-order valence-corrected chi connectivity index (χ4v) is 4.11. The first kappa shape index (κ1) is 18.9. The molecule has 0 saturated carbocycles. The molecule has 0 fully saturated rings. The van der Waals surface area contributed by atoms with Gasteiger partial charge in [-0.3, -0.25) is 9.69 Å². The molecule has 0 aliphatic carbocycles. The monoisotopic (exact) mass is 417 g/mol. The number of nitrogens with zero attached hydrogens (tertiary/aromatic N) is 1. The van der Waals surface area contributed by atoms with E-state index in [0.717, 1.165) is 16.9 Å². The zero-order valence-electron chi connectivity index (χ0n) is 16.5. The third-order valence-corrected chi connectivity index (χ3v) is 5.86. The van der Waals surface area contributed by atoms with Crippen molar-refractivity contribution in [1.82, 2.24) is 4.90 Å². The van der Waals surface area contributed by atoms with Crippen molar-refractivity contribution < 1.29 is 14.3 Å². The molecule has 0 amide bonds. The van der Waals surface area contributed by atoms with Crippen LogP contribution in [-0.2, 0) is 6.54 Å². The molecule has 0 spiro atoms. The van der Waals surface area contributed by atoms with E-state index < -0.39 is 0 Å². The fraction of sp³-hybridized carbons (Fsp3) is 0.160. The van der Waals surface area contributed by atoms with Crippen molar-refractivity contribution in [3.8, 4) is 11.5 Å². The van der Waals surface area contributed by atoms with Gasteiger partial charge >= 0.3 is 0 Å². The Morgan fingerprint density at radius 2 is 1.90 bits per heavy atom. The number of benzene rings is 3. The Balaban J connectivity index is 1.46. The number of hydrogen-bond acceptors (Lipinski definition) is 4. The highest BCUT2D eigenvalue weighted by atomic mass is 35.5. The predicted molar refractivity (Wildman–Crippen MR) is 117 cm³/mol. The van der Waals surface area contributed by atoms with Crippen molar-refractivity contribution in [1.29, 1.82) is 0 Å². The smallest absolute Gasteiger partial charge is 0.231 e. The number of carbonyl (C=O) groups is 1.